The Hall–Kier alpha value is -3.18. The summed E-state index contributed by atoms with van der Waals surface area (Å²) in [7, 11) is 0. The number of nitrogens with zero attached hydrogens (tertiary/aromatic N) is 2. The van der Waals surface area contributed by atoms with Gasteiger partial charge in [0.25, 0.3) is 0 Å². The SMILES string of the molecule is Cc1ccc2c(c1)nc(C(C(=O)c1ccccc1)=C(O)c1ccccc1)n2Br. The second-order valence-corrected chi connectivity index (χ2v) is 7.20. The highest BCUT2D eigenvalue weighted by Crippen LogP contribution is 2.31. The van der Waals surface area contributed by atoms with Crippen molar-refractivity contribution in [2.24, 2.45) is 0 Å². The topological polar surface area (TPSA) is 55.1 Å². The highest BCUT2D eigenvalue weighted by Gasteiger charge is 2.25. The molecule has 0 saturated carbocycles. The van der Waals surface area contributed by atoms with Crippen LogP contribution in [-0.2, 0) is 0 Å². The molecular weight excluding hydrogens is 416 g/mol. The van der Waals surface area contributed by atoms with Crippen molar-refractivity contribution in [2.45, 2.75) is 6.92 Å². The number of benzene rings is 3. The van der Waals surface area contributed by atoms with Gasteiger partial charge in [-0.3, -0.25) is 8.39 Å². The third-order valence-corrected chi connectivity index (χ3v) is 5.24. The van der Waals surface area contributed by atoms with Gasteiger partial charge in [0.2, 0.25) is 5.78 Å². The fourth-order valence-electron chi connectivity index (χ4n) is 3.10. The quantitative estimate of drug-likeness (QED) is 0.251. The van der Waals surface area contributed by atoms with Crippen molar-refractivity contribution < 1.29 is 9.90 Å². The van der Waals surface area contributed by atoms with Crippen LogP contribution in [0.1, 0.15) is 27.3 Å². The summed E-state index contributed by atoms with van der Waals surface area (Å²) in [5.41, 5.74) is 3.80. The van der Waals surface area contributed by atoms with Crippen molar-refractivity contribution >= 4 is 44.3 Å². The second-order valence-electron chi connectivity index (χ2n) is 6.49. The molecule has 1 aromatic heterocycles. The molecule has 0 saturated heterocycles. The van der Waals surface area contributed by atoms with Crippen molar-refractivity contribution in [1.82, 2.24) is 8.58 Å². The maximum atomic E-state index is 13.4. The van der Waals surface area contributed by atoms with Crippen LogP contribution in [-0.4, -0.2) is 19.5 Å². The van der Waals surface area contributed by atoms with Gasteiger partial charge in [-0.15, -0.1) is 0 Å². The van der Waals surface area contributed by atoms with Crippen molar-refractivity contribution in [3.05, 3.63) is 101 Å². The zero-order chi connectivity index (χ0) is 19.7. The number of aromatic nitrogens is 2. The summed E-state index contributed by atoms with van der Waals surface area (Å²) in [6, 6.07) is 23.8. The minimum atomic E-state index is -0.297. The lowest BCUT2D eigenvalue weighted by molar-refractivity contribution is 0.105. The molecule has 0 aliphatic carbocycles. The molecule has 0 amide bonds. The Labute approximate surface area is 171 Å². The van der Waals surface area contributed by atoms with Crippen LogP contribution >= 0.6 is 16.1 Å². The Morgan fingerprint density at radius 1 is 0.929 bits per heavy atom. The van der Waals surface area contributed by atoms with Gasteiger partial charge in [-0.2, -0.15) is 0 Å². The smallest absolute Gasteiger partial charge is 0.200 e. The number of hydrogen-bond donors (Lipinski definition) is 1. The molecule has 0 radical (unpaired) electrons. The first-order valence-electron chi connectivity index (χ1n) is 8.80. The van der Waals surface area contributed by atoms with Crippen LogP contribution in [0.5, 0.6) is 0 Å². The number of aliphatic hydroxyl groups is 1. The third kappa shape index (κ3) is 3.25. The molecule has 0 unspecified atom stereocenters. The molecule has 3 aromatic carbocycles. The lowest BCUT2D eigenvalue weighted by Gasteiger charge is -2.10. The van der Waals surface area contributed by atoms with E-state index in [0.29, 0.717) is 17.0 Å². The number of carbonyl (C=O) groups excluding carboxylic acids is 1. The summed E-state index contributed by atoms with van der Waals surface area (Å²) in [5, 5.41) is 11.1. The van der Waals surface area contributed by atoms with Gasteiger partial charge in [0.05, 0.1) is 27.2 Å². The van der Waals surface area contributed by atoms with Gasteiger partial charge in [0, 0.05) is 11.1 Å². The van der Waals surface area contributed by atoms with Crippen molar-refractivity contribution in [1.29, 1.82) is 0 Å². The minimum absolute atomic E-state index is 0.109. The number of carbonyl (C=O) groups is 1. The van der Waals surface area contributed by atoms with Crippen LogP contribution in [0.2, 0.25) is 0 Å². The number of aliphatic hydroxyl groups excluding tert-OH is 1. The van der Waals surface area contributed by atoms with Gasteiger partial charge in [-0.05, 0) is 24.6 Å². The van der Waals surface area contributed by atoms with Crippen LogP contribution < -0.4 is 0 Å². The van der Waals surface area contributed by atoms with E-state index in [-0.39, 0.29) is 17.1 Å². The summed E-state index contributed by atoms with van der Waals surface area (Å²) < 4.78 is 1.66. The van der Waals surface area contributed by atoms with Crippen LogP contribution in [0.25, 0.3) is 22.4 Å². The predicted molar refractivity (Wildman–Crippen MR) is 115 cm³/mol. The first-order valence-corrected chi connectivity index (χ1v) is 9.51. The Morgan fingerprint density at radius 2 is 1.54 bits per heavy atom. The fraction of sp³-hybridized carbons (Fsp3) is 0.0435. The normalized spacial score (nSPS) is 12.1. The van der Waals surface area contributed by atoms with E-state index in [1.807, 2.05) is 49.4 Å². The number of imidazole rings is 1. The summed E-state index contributed by atoms with van der Waals surface area (Å²) in [6.45, 7) is 1.99. The Balaban J connectivity index is 1.99. The summed E-state index contributed by atoms with van der Waals surface area (Å²) in [5.74, 6) is -0.0485. The Kier molecular flexibility index (Phi) is 4.84. The molecule has 1 heterocycles. The molecule has 0 bridgehead atoms. The third-order valence-electron chi connectivity index (χ3n) is 4.53. The van der Waals surface area contributed by atoms with E-state index in [1.165, 1.54) is 0 Å². The Bertz CT molecular complexity index is 1200. The van der Waals surface area contributed by atoms with E-state index in [4.69, 9.17) is 0 Å². The highest BCUT2D eigenvalue weighted by atomic mass is 79.9. The summed E-state index contributed by atoms with van der Waals surface area (Å²) >= 11 is 3.52. The Morgan fingerprint density at radius 3 is 2.18 bits per heavy atom. The average Bonchev–Trinajstić information content (AvgIpc) is 3.04. The minimum Gasteiger partial charge on any atom is -0.506 e. The standard InChI is InChI=1S/C23H17BrN2O2/c1-15-12-13-19-18(14-15)25-23(26(19)24)20(21(27)16-8-4-2-5-9-16)22(28)17-10-6-3-7-11-17/h2-14,27H,1H3. The number of rotatable bonds is 4. The fourth-order valence-corrected chi connectivity index (χ4v) is 3.66. The van der Waals surface area contributed by atoms with Gasteiger partial charge in [0.1, 0.15) is 11.3 Å². The maximum Gasteiger partial charge on any atom is 0.200 e. The first kappa shape index (κ1) is 18.2. The number of halogens is 1. The van der Waals surface area contributed by atoms with Crippen LogP contribution in [0, 0.1) is 6.92 Å². The zero-order valence-corrected chi connectivity index (χ0v) is 16.7. The molecule has 138 valence electrons. The molecule has 5 heteroatoms. The van der Waals surface area contributed by atoms with Crippen molar-refractivity contribution in [3.8, 4) is 0 Å². The molecule has 4 rings (SSSR count). The lowest BCUT2D eigenvalue weighted by atomic mass is 9.99. The molecule has 0 atom stereocenters. The second kappa shape index (κ2) is 7.44. The number of allylic oxidation sites excluding steroid dienone is 1. The van der Waals surface area contributed by atoms with E-state index >= 15 is 0 Å². The molecule has 28 heavy (non-hydrogen) atoms. The van der Waals surface area contributed by atoms with Crippen LogP contribution in [0.3, 0.4) is 0 Å². The number of Topliss-reactive ketones (excluding diaryl/α,β-unsaturated/α-hetero) is 1. The van der Waals surface area contributed by atoms with Gasteiger partial charge in [-0.1, -0.05) is 66.7 Å². The molecule has 0 aliphatic heterocycles. The largest absolute Gasteiger partial charge is 0.506 e. The monoisotopic (exact) mass is 432 g/mol. The van der Waals surface area contributed by atoms with Crippen LogP contribution in [0.4, 0.5) is 0 Å². The number of fused-ring (bicyclic) bond motifs is 1. The molecule has 4 aromatic rings. The van der Waals surface area contributed by atoms with E-state index in [2.05, 4.69) is 21.1 Å². The van der Waals surface area contributed by atoms with E-state index in [1.54, 1.807) is 40.0 Å². The molecule has 0 spiro atoms. The van der Waals surface area contributed by atoms with Gasteiger partial charge < -0.3 is 5.11 Å². The van der Waals surface area contributed by atoms with Crippen molar-refractivity contribution in [2.75, 3.05) is 0 Å². The van der Waals surface area contributed by atoms with Crippen molar-refractivity contribution in [3.63, 3.8) is 0 Å². The molecule has 1 N–H and O–H groups in total. The van der Waals surface area contributed by atoms with Gasteiger partial charge in [-0.25, -0.2) is 4.98 Å². The van der Waals surface area contributed by atoms with E-state index in [0.717, 1.165) is 16.6 Å². The van der Waals surface area contributed by atoms with Gasteiger partial charge >= 0.3 is 0 Å². The number of ketones is 1. The molecule has 0 fully saturated rings. The number of hydrogen-bond acceptors (Lipinski definition) is 3. The number of aryl methyl sites for hydroxylation is 1. The summed E-state index contributed by atoms with van der Waals surface area (Å²) in [4.78, 5) is 18.0. The molecule has 0 aliphatic rings. The summed E-state index contributed by atoms with van der Waals surface area (Å²) in [6.07, 6.45) is 0. The average molecular weight is 433 g/mol. The van der Waals surface area contributed by atoms with Gasteiger partial charge in [0.15, 0.2) is 5.82 Å². The lowest BCUT2D eigenvalue weighted by Crippen LogP contribution is -2.09. The van der Waals surface area contributed by atoms with E-state index in [9.17, 15) is 9.90 Å². The predicted octanol–water partition coefficient (Wildman–Crippen LogP) is 5.81. The zero-order valence-electron chi connectivity index (χ0n) is 15.1. The highest BCUT2D eigenvalue weighted by molar-refractivity contribution is 9.08. The maximum absolute atomic E-state index is 13.4. The first-order chi connectivity index (χ1) is 13.6. The molecule has 4 nitrogen and oxygen atoms in total. The van der Waals surface area contributed by atoms with E-state index < -0.39 is 0 Å². The molecular formula is C23H17BrN2O2. The van der Waals surface area contributed by atoms with Crippen LogP contribution in [0.15, 0.2) is 78.9 Å².